The predicted molar refractivity (Wildman–Crippen MR) is 100.0 cm³/mol. The van der Waals surface area contributed by atoms with E-state index in [0.717, 1.165) is 5.56 Å². The largest absolute Gasteiger partial charge is 0.445 e. The van der Waals surface area contributed by atoms with Gasteiger partial charge in [0.05, 0.1) is 18.7 Å². The first kappa shape index (κ1) is 19.7. The smallest absolute Gasteiger partial charge is 0.411 e. The van der Waals surface area contributed by atoms with Gasteiger partial charge in [-0.05, 0) is 24.1 Å². The minimum atomic E-state index is -1.28. The van der Waals surface area contributed by atoms with E-state index in [1.807, 2.05) is 51.1 Å². The third-order valence-electron chi connectivity index (χ3n) is 4.82. The summed E-state index contributed by atoms with van der Waals surface area (Å²) in [6.07, 6.45) is -0.128. The van der Waals surface area contributed by atoms with Crippen LogP contribution in [0.1, 0.15) is 32.8 Å². The second-order valence-electron chi connectivity index (χ2n) is 7.98. The lowest BCUT2D eigenvalue weighted by atomic mass is 9.72. The molecule has 5 nitrogen and oxygen atoms in total. The number of amides is 1. The average Bonchev–Trinajstić information content (AvgIpc) is 2.89. The van der Waals surface area contributed by atoms with Crippen molar-refractivity contribution in [2.75, 3.05) is 13.2 Å². The first-order valence-corrected chi connectivity index (χ1v) is 11.6. The monoisotopic (exact) mass is 363 g/mol. The fourth-order valence-electron chi connectivity index (χ4n) is 3.16. The topological polar surface area (TPSA) is 55.8 Å². The Hall–Kier alpha value is -1.66. The van der Waals surface area contributed by atoms with Crippen LogP contribution >= 0.6 is 0 Å². The van der Waals surface area contributed by atoms with Crippen molar-refractivity contribution >= 4 is 20.9 Å². The summed E-state index contributed by atoms with van der Waals surface area (Å²) in [4.78, 5) is 26.6. The van der Waals surface area contributed by atoms with Crippen LogP contribution in [0.2, 0.25) is 13.1 Å². The average molecular weight is 364 g/mol. The predicted octanol–water partition coefficient (Wildman–Crippen LogP) is 3.38. The highest BCUT2D eigenvalue weighted by molar-refractivity contribution is 6.48. The van der Waals surface area contributed by atoms with E-state index >= 15 is 0 Å². The molecule has 25 heavy (non-hydrogen) atoms. The first-order valence-electron chi connectivity index (χ1n) is 8.77. The van der Waals surface area contributed by atoms with Gasteiger partial charge in [0, 0.05) is 6.42 Å². The van der Waals surface area contributed by atoms with Crippen LogP contribution in [0.3, 0.4) is 0 Å². The van der Waals surface area contributed by atoms with E-state index in [4.69, 9.17) is 9.16 Å². The van der Waals surface area contributed by atoms with Crippen LogP contribution < -0.4 is 0 Å². The Labute approximate surface area is 152 Å². The van der Waals surface area contributed by atoms with Crippen LogP contribution in [0.25, 0.3) is 0 Å². The molecule has 0 aromatic heterocycles. The third kappa shape index (κ3) is 4.49. The maximum absolute atomic E-state index is 12.8. The van der Waals surface area contributed by atoms with Crippen molar-refractivity contribution in [1.82, 2.24) is 4.90 Å². The molecule has 1 heterocycles. The zero-order valence-corrected chi connectivity index (χ0v) is 17.0. The molecule has 1 aliphatic rings. The molecule has 0 N–H and O–H groups in total. The van der Waals surface area contributed by atoms with E-state index in [0.29, 0.717) is 13.0 Å². The summed E-state index contributed by atoms with van der Waals surface area (Å²) in [6, 6.07) is 9.55. The molecule has 0 spiro atoms. The molecule has 1 aliphatic heterocycles. The lowest BCUT2D eigenvalue weighted by molar-refractivity contribution is -0.117. The molecule has 1 amide bonds. The fraction of sp³-hybridized carbons (Fsp3) is 0.579. The van der Waals surface area contributed by atoms with Crippen LogP contribution in [0.5, 0.6) is 0 Å². The van der Waals surface area contributed by atoms with Crippen molar-refractivity contribution in [3.05, 3.63) is 35.9 Å². The number of benzene rings is 1. The number of carbonyl (C=O) groups is 2. The van der Waals surface area contributed by atoms with Crippen molar-refractivity contribution in [3.63, 3.8) is 0 Å². The third-order valence-corrected chi connectivity index (χ3v) is 5.65. The molecule has 1 aromatic carbocycles. The Morgan fingerprint density at radius 3 is 2.44 bits per heavy atom. The molecule has 2 rings (SSSR count). The van der Waals surface area contributed by atoms with E-state index in [9.17, 15) is 9.59 Å². The number of ether oxygens (including phenoxy) is 1. The number of hydrogen-bond donors (Lipinski definition) is 0. The summed E-state index contributed by atoms with van der Waals surface area (Å²) in [7, 11) is -1.28. The molecule has 1 saturated heterocycles. The Morgan fingerprint density at radius 2 is 1.88 bits per heavy atom. The number of Topliss-reactive ketones (excluding diaryl/α,β-unsaturated/α-hetero) is 1. The number of ketones is 1. The van der Waals surface area contributed by atoms with Gasteiger partial charge in [0.1, 0.15) is 6.61 Å². The van der Waals surface area contributed by atoms with Gasteiger partial charge in [-0.3, -0.25) is 9.69 Å². The molecule has 0 saturated carbocycles. The minimum Gasteiger partial charge on any atom is -0.445 e. The molecule has 1 aromatic rings. The van der Waals surface area contributed by atoms with Crippen molar-refractivity contribution in [2.24, 2.45) is 5.41 Å². The van der Waals surface area contributed by atoms with Crippen LogP contribution in [-0.4, -0.2) is 44.5 Å². The number of nitrogens with zero attached hydrogens (tertiary/aromatic N) is 1. The molecule has 6 heteroatoms. The van der Waals surface area contributed by atoms with Gasteiger partial charge in [0.25, 0.3) is 0 Å². The van der Waals surface area contributed by atoms with E-state index in [1.165, 1.54) is 0 Å². The van der Waals surface area contributed by atoms with Gasteiger partial charge in [-0.15, -0.1) is 0 Å². The minimum absolute atomic E-state index is 0.0561. The standard InChI is InChI=1S/C19H29NO4Si/c1-18(2,3)19(14-24-25(4)5)11-16(21)12-20(19)17(22)23-13-15-9-7-6-8-10-15/h6-10,25H,11-14H2,1-5H3. The summed E-state index contributed by atoms with van der Waals surface area (Å²) < 4.78 is 11.5. The van der Waals surface area contributed by atoms with Gasteiger partial charge < -0.3 is 9.16 Å². The van der Waals surface area contributed by atoms with Crippen LogP contribution in [0, 0.1) is 5.41 Å². The number of carbonyl (C=O) groups excluding carboxylic acids is 2. The van der Waals surface area contributed by atoms with E-state index < -0.39 is 20.7 Å². The van der Waals surface area contributed by atoms with Crippen LogP contribution in [-0.2, 0) is 20.6 Å². The summed E-state index contributed by atoms with van der Waals surface area (Å²) in [5.74, 6) is 0.0561. The van der Waals surface area contributed by atoms with Gasteiger partial charge in [0.2, 0.25) is 0 Å². The van der Waals surface area contributed by atoms with Crippen LogP contribution in [0.4, 0.5) is 4.79 Å². The number of likely N-dealkylation sites (tertiary alicyclic amines) is 1. The van der Waals surface area contributed by atoms with Gasteiger partial charge in [-0.2, -0.15) is 0 Å². The quantitative estimate of drug-likeness (QED) is 0.753. The molecule has 1 unspecified atom stereocenters. The normalized spacial score (nSPS) is 21.0. The van der Waals surface area contributed by atoms with Crippen molar-refractivity contribution in [2.45, 2.75) is 52.4 Å². The van der Waals surface area contributed by atoms with Crippen molar-refractivity contribution in [3.8, 4) is 0 Å². The summed E-state index contributed by atoms with van der Waals surface area (Å²) in [5.41, 5.74) is -0.0304. The second-order valence-corrected chi connectivity index (χ2v) is 10.4. The Kier molecular flexibility index (Phi) is 6.06. The number of rotatable bonds is 5. The summed E-state index contributed by atoms with van der Waals surface area (Å²) in [6.45, 7) is 11.0. The number of hydrogen-bond acceptors (Lipinski definition) is 4. The molecule has 1 atom stereocenters. The molecular formula is C19H29NO4Si. The lowest BCUT2D eigenvalue weighted by Gasteiger charge is -2.47. The van der Waals surface area contributed by atoms with Gasteiger partial charge in [-0.25, -0.2) is 4.79 Å². The maximum atomic E-state index is 12.8. The second kappa shape index (κ2) is 7.70. The highest BCUT2D eigenvalue weighted by Crippen LogP contribution is 2.43. The van der Waals surface area contributed by atoms with Crippen molar-refractivity contribution in [1.29, 1.82) is 0 Å². The lowest BCUT2D eigenvalue weighted by Crippen LogP contribution is -2.59. The van der Waals surface area contributed by atoms with E-state index in [1.54, 1.807) is 4.90 Å². The van der Waals surface area contributed by atoms with E-state index in [2.05, 4.69) is 13.1 Å². The highest BCUT2D eigenvalue weighted by atomic mass is 28.3. The fourth-order valence-corrected chi connectivity index (χ4v) is 3.77. The molecule has 0 bridgehead atoms. The van der Waals surface area contributed by atoms with Gasteiger partial charge in [-0.1, -0.05) is 51.1 Å². The summed E-state index contributed by atoms with van der Waals surface area (Å²) in [5, 5.41) is 0. The Bertz CT molecular complexity index is 612. The van der Waals surface area contributed by atoms with Crippen molar-refractivity contribution < 1.29 is 18.8 Å². The first-order chi connectivity index (χ1) is 11.7. The maximum Gasteiger partial charge on any atom is 0.411 e. The SMILES string of the molecule is C[SiH](C)OCC1(C(C)(C)C)CC(=O)CN1C(=O)OCc1ccccc1. The molecule has 0 radical (unpaired) electrons. The Morgan fingerprint density at radius 1 is 1.24 bits per heavy atom. The zero-order valence-electron chi connectivity index (χ0n) is 15.9. The van der Waals surface area contributed by atoms with E-state index in [-0.39, 0.29) is 24.3 Å². The molecule has 0 aliphatic carbocycles. The molecule has 1 fully saturated rings. The summed E-state index contributed by atoms with van der Waals surface area (Å²) >= 11 is 0. The van der Waals surface area contributed by atoms with Crippen LogP contribution in [0.15, 0.2) is 30.3 Å². The van der Waals surface area contributed by atoms with Gasteiger partial charge in [0.15, 0.2) is 14.8 Å². The molecule has 138 valence electrons. The van der Waals surface area contributed by atoms with Gasteiger partial charge >= 0.3 is 6.09 Å². The highest BCUT2D eigenvalue weighted by Gasteiger charge is 2.55. The Balaban J connectivity index is 2.19. The zero-order chi connectivity index (χ0) is 18.7. The molecular weight excluding hydrogens is 334 g/mol.